The number of ether oxygens (including phenoxy) is 4. The number of fused-ring (bicyclic) bond motifs is 2. The molecule has 34 heavy (non-hydrogen) atoms. The highest BCUT2D eigenvalue weighted by Gasteiger charge is 2.38. The molecular weight excluding hydrogens is 454 g/mol. The summed E-state index contributed by atoms with van der Waals surface area (Å²) in [7, 11) is 1.63. The molecular formula is C25H29N3O5S. The van der Waals surface area contributed by atoms with Crippen molar-refractivity contribution < 1.29 is 23.7 Å². The minimum atomic E-state index is -0.750. The normalized spacial score (nSPS) is 20.3. The first-order valence-electron chi connectivity index (χ1n) is 11.6. The summed E-state index contributed by atoms with van der Waals surface area (Å²) in [6.45, 7) is 6.66. The molecule has 2 atom stereocenters. The van der Waals surface area contributed by atoms with E-state index in [9.17, 15) is 4.79 Å². The number of carbonyl (C=O) groups is 1. The Morgan fingerprint density at radius 3 is 2.71 bits per heavy atom. The number of methoxy groups -OCH3 is 1. The van der Waals surface area contributed by atoms with Crippen LogP contribution in [0.4, 0.5) is 5.13 Å². The molecule has 0 radical (unpaired) electrons. The lowest BCUT2D eigenvalue weighted by molar-refractivity contribution is -0.130. The van der Waals surface area contributed by atoms with Crippen molar-refractivity contribution in [2.75, 3.05) is 51.4 Å². The maximum Gasteiger partial charge on any atom is 0.273 e. The average Bonchev–Trinajstić information content (AvgIpc) is 3.29. The van der Waals surface area contributed by atoms with Gasteiger partial charge in [0.1, 0.15) is 11.9 Å². The Bertz CT molecular complexity index is 1150. The maximum atomic E-state index is 13.8. The topological polar surface area (TPSA) is 73.4 Å². The number of aromatic nitrogens is 1. The Morgan fingerprint density at radius 1 is 1.18 bits per heavy atom. The summed E-state index contributed by atoms with van der Waals surface area (Å²) in [5.41, 5.74) is 0.810. The van der Waals surface area contributed by atoms with Gasteiger partial charge in [-0.15, -0.1) is 0 Å². The van der Waals surface area contributed by atoms with Crippen molar-refractivity contribution in [3.05, 3.63) is 42.5 Å². The fourth-order valence-corrected chi connectivity index (χ4v) is 5.24. The summed E-state index contributed by atoms with van der Waals surface area (Å²) < 4.78 is 23.9. The molecule has 0 bridgehead atoms. The minimum absolute atomic E-state index is 0.144. The molecule has 180 valence electrons. The molecule has 2 aliphatic rings. The van der Waals surface area contributed by atoms with Crippen molar-refractivity contribution >= 4 is 32.6 Å². The summed E-state index contributed by atoms with van der Waals surface area (Å²) in [5.74, 6) is 1.84. The van der Waals surface area contributed by atoms with Crippen molar-refractivity contribution in [2.45, 2.75) is 25.6 Å². The van der Waals surface area contributed by atoms with E-state index < -0.39 is 12.2 Å². The Hall–Kier alpha value is -2.88. The second kappa shape index (κ2) is 10.2. The summed E-state index contributed by atoms with van der Waals surface area (Å²) >= 11 is 1.50. The lowest BCUT2D eigenvalue weighted by Gasteiger charge is -2.34. The molecule has 8 nitrogen and oxygen atoms in total. The molecule has 1 amide bonds. The van der Waals surface area contributed by atoms with Gasteiger partial charge in [-0.2, -0.15) is 0 Å². The number of morpholine rings is 1. The van der Waals surface area contributed by atoms with E-state index in [0.717, 1.165) is 55.2 Å². The minimum Gasteiger partial charge on any atom is -0.497 e. The monoisotopic (exact) mass is 483 g/mol. The lowest BCUT2D eigenvalue weighted by Crippen LogP contribution is -2.51. The number of hydrogen-bond acceptors (Lipinski definition) is 8. The average molecular weight is 484 g/mol. The van der Waals surface area contributed by atoms with Crippen LogP contribution in [-0.4, -0.2) is 74.5 Å². The van der Waals surface area contributed by atoms with Crippen LogP contribution in [0, 0.1) is 0 Å². The van der Waals surface area contributed by atoms with Crippen LogP contribution < -0.4 is 19.1 Å². The predicted molar refractivity (Wildman–Crippen MR) is 131 cm³/mol. The lowest BCUT2D eigenvalue weighted by atomic mass is 10.1. The van der Waals surface area contributed by atoms with Gasteiger partial charge >= 0.3 is 0 Å². The molecule has 3 heterocycles. The quantitative estimate of drug-likeness (QED) is 0.509. The van der Waals surface area contributed by atoms with Crippen LogP contribution in [-0.2, 0) is 9.53 Å². The first-order valence-corrected chi connectivity index (χ1v) is 12.4. The van der Waals surface area contributed by atoms with Crippen molar-refractivity contribution in [2.24, 2.45) is 0 Å². The van der Waals surface area contributed by atoms with Gasteiger partial charge in [0.25, 0.3) is 5.91 Å². The van der Waals surface area contributed by atoms with E-state index in [1.165, 1.54) is 11.3 Å². The number of benzene rings is 2. The van der Waals surface area contributed by atoms with Gasteiger partial charge in [-0.1, -0.05) is 23.5 Å². The molecule has 5 rings (SSSR count). The van der Waals surface area contributed by atoms with Gasteiger partial charge in [-0.05, 0) is 37.6 Å². The molecule has 0 saturated carbocycles. The van der Waals surface area contributed by atoms with Crippen LogP contribution in [0.5, 0.6) is 17.2 Å². The van der Waals surface area contributed by atoms with Gasteiger partial charge in [0.05, 0.1) is 30.5 Å². The van der Waals surface area contributed by atoms with E-state index in [0.29, 0.717) is 23.2 Å². The van der Waals surface area contributed by atoms with E-state index in [1.54, 1.807) is 12.0 Å². The van der Waals surface area contributed by atoms with Gasteiger partial charge in [0, 0.05) is 32.2 Å². The number of carbonyl (C=O) groups excluding carboxylic acids is 1. The Morgan fingerprint density at radius 2 is 1.94 bits per heavy atom. The van der Waals surface area contributed by atoms with Gasteiger partial charge in [0.15, 0.2) is 16.6 Å². The number of thiazole rings is 1. The van der Waals surface area contributed by atoms with Crippen LogP contribution >= 0.6 is 11.3 Å². The van der Waals surface area contributed by atoms with Crippen molar-refractivity contribution in [3.8, 4) is 17.2 Å². The Balaban J connectivity index is 1.39. The molecule has 2 aromatic carbocycles. The summed E-state index contributed by atoms with van der Waals surface area (Å²) in [6, 6.07) is 13.2. The molecule has 3 aromatic rings. The molecule has 0 aliphatic carbocycles. The fourth-order valence-electron chi connectivity index (χ4n) is 4.26. The van der Waals surface area contributed by atoms with Gasteiger partial charge < -0.3 is 18.9 Å². The number of hydrogen-bond donors (Lipinski definition) is 0. The predicted octanol–water partition coefficient (Wildman–Crippen LogP) is 3.59. The molecule has 1 aromatic heterocycles. The fraction of sp³-hybridized carbons (Fsp3) is 0.440. The van der Waals surface area contributed by atoms with Crippen molar-refractivity contribution in [1.29, 1.82) is 0 Å². The number of amides is 1. The zero-order valence-corrected chi connectivity index (χ0v) is 20.3. The van der Waals surface area contributed by atoms with E-state index in [2.05, 4.69) is 4.90 Å². The van der Waals surface area contributed by atoms with Crippen molar-refractivity contribution in [1.82, 2.24) is 9.88 Å². The summed E-state index contributed by atoms with van der Waals surface area (Å²) in [5, 5.41) is 0.657. The smallest absolute Gasteiger partial charge is 0.273 e. The van der Waals surface area contributed by atoms with Crippen LogP contribution in [0.1, 0.15) is 13.3 Å². The molecule has 1 saturated heterocycles. The van der Waals surface area contributed by atoms with Crippen LogP contribution in [0.3, 0.4) is 0 Å². The third-order valence-corrected chi connectivity index (χ3v) is 7.19. The zero-order chi connectivity index (χ0) is 23.5. The van der Waals surface area contributed by atoms with E-state index >= 15 is 0 Å². The second-order valence-corrected chi connectivity index (χ2v) is 9.44. The first kappa shape index (κ1) is 22.9. The van der Waals surface area contributed by atoms with Gasteiger partial charge in [0.2, 0.25) is 6.10 Å². The van der Waals surface area contributed by atoms with Crippen molar-refractivity contribution in [3.63, 3.8) is 0 Å². The Kier molecular flexibility index (Phi) is 6.85. The largest absolute Gasteiger partial charge is 0.497 e. The third-order valence-electron chi connectivity index (χ3n) is 6.13. The number of anilines is 1. The van der Waals surface area contributed by atoms with Gasteiger partial charge in [-0.3, -0.25) is 14.6 Å². The SMILES string of the molecule is COc1ccc2sc(N(CCCN3CCOCC3)C(=O)C3Oc4ccccc4OC3C)nc2c1. The molecule has 0 N–H and O–H groups in total. The van der Waals surface area contributed by atoms with E-state index in [4.69, 9.17) is 23.9 Å². The molecule has 2 aliphatic heterocycles. The molecule has 1 fully saturated rings. The zero-order valence-electron chi connectivity index (χ0n) is 19.4. The molecule has 2 unspecified atom stereocenters. The Labute approximate surface area is 203 Å². The van der Waals surface area contributed by atoms with Crippen LogP contribution in [0.2, 0.25) is 0 Å². The summed E-state index contributed by atoms with van der Waals surface area (Å²) in [4.78, 5) is 22.7. The standard InChI is InChI=1S/C25H29N3O5S/c1-17-23(33-21-7-4-3-6-20(21)32-17)24(29)28(11-5-10-27-12-14-31-15-13-27)25-26-19-16-18(30-2)8-9-22(19)34-25/h3-4,6-9,16-17,23H,5,10-15H2,1-2H3. The van der Waals surface area contributed by atoms with Crippen LogP contribution in [0.25, 0.3) is 10.2 Å². The van der Waals surface area contributed by atoms with Gasteiger partial charge in [-0.25, -0.2) is 4.98 Å². The highest BCUT2D eigenvalue weighted by atomic mass is 32.1. The summed E-state index contributed by atoms with van der Waals surface area (Å²) in [6.07, 6.45) is -0.345. The highest BCUT2D eigenvalue weighted by molar-refractivity contribution is 7.22. The second-order valence-electron chi connectivity index (χ2n) is 8.44. The van der Waals surface area contributed by atoms with E-state index in [1.807, 2.05) is 49.4 Å². The number of rotatable bonds is 7. The highest BCUT2D eigenvalue weighted by Crippen LogP contribution is 2.36. The third kappa shape index (κ3) is 4.82. The molecule has 9 heteroatoms. The maximum absolute atomic E-state index is 13.8. The first-order chi connectivity index (χ1) is 16.6. The number of nitrogens with zero attached hydrogens (tertiary/aromatic N) is 3. The van der Waals surface area contributed by atoms with Crippen LogP contribution in [0.15, 0.2) is 42.5 Å². The molecule has 0 spiro atoms. The van der Waals surface area contributed by atoms with E-state index in [-0.39, 0.29) is 5.91 Å². The number of para-hydroxylation sites is 2.